The Labute approximate surface area is 102 Å². The predicted octanol–water partition coefficient (Wildman–Crippen LogP) is 2.89. The van der Waals surface area contributed by atoms with Crippen LogP contribution in [0.5, 0.6) is 0 Å². The van der Waals surface area contributed by atoms with Gasteiger partial charge in [-0.1, -0.05) is 33.6 Å². The molecule has 0 amide bonds. The largest absolute Gasteiger partial charge is 0.314 e. The van der Waals surface area contributed by atoms with Crippen LogP contribution in [-0.2, 0) is 0 Å². The highest BCUT2D eigenvalue weighted by Gasteiger charge is 2.29. The summed E-state index contributed by atoms with van der Waals surface area (Å²) in [6.45, 7) is 11.5. The number of nitrogens with zero attached hydrogens (tertiary/aromatic N) is 1. The van der Waals surface area contributed by atoms with Crippen LogP contribution in [0.4, 0.5) is 0 Å². The van der Waals surface area contributed by atoms with Crippen LogP contribution in [0.15, 0.2) is 0 Å². The maximum Gasteiger partial charge on any atom is 0.0102 e. The number of nitrogens with one attached hydrogen (secondary N) is 1. The minimum absolute atomic E-state index is 0.355. The molecule has 0 aliphatic heterocycles. The van der Waals surface area contributed by atoms with Crippen molar-refractivity contribution < 1.29 is 0 Å². The second-order valence-electron chi connectivity index (χ2n) is 6.12. The monoisotopic (exact) mass is 226 g/mol. The van der Waals surface area contributed by atoms with E-state index in [1.807, 2.05) is 0 Å². The minimum Gasteiger partial charge on any atom is -0.314 e. The second-order valence-corrected chi connectivity index (χ2v) is 6.12. The molecular formula is C14H30N2. The van der Waals surface area contributed by atoms with Crippen molar-refractivity contribution in [1.29, 1.82) is 0 Å². The van der Waals surface area contributed by atoms with Crippen LogP contribution in [0.25, 0.3) is 0 Å². The summed E-state index contributed by atoms with van der Waals surface area (Å²) in [5.74, 6) is 0. The number of hydrogen-bond donors (Lipinski definition) is 1. The first-order valence-corrected chi connectivity index (χ1v) is 6.91. The van der Waals surface area contributed by atoms with Crippen LogP contribution in [0.2, 0.25) is 0 Å². The summed E-state index contributed by atoms with van der Waals surface area (Å²) in [5.41, 5.74) is 0.355. The summed E-state index contributed by atoms with van der Waals surface area (Å²) < 4.78 is 0. The molecule has 0 heterocycles. The Morgan fingerprint density at radius 3 is 2.38 bits per heavy atom. The maximum absolute atomic E-state index is 3.56. The molecule has 1 saturated carbocycles. The standard InChI is InChI=1S/C14H30N2/c1-6-15-12(2)14(3,4)11-16(5)13-9-7-8-10-13/h12-13,15H,6-11H2,1-5H3. The van der Waals surface area contributed by atoms with E-state index in [9.17, 15) is 0 Å². The Morgan fingerprint density at radius 1 is 1.31 bits per heavy atom. The molecule has 1 aliphatic carbocycles. The fourth-order valence-corrected chi connectivity index (χ4v) is 2.84. The van der Waals surface area contributed by atoms with E-state index in [0.29, 0.717) is 11.5 Å². The summed E-state index contributed by atoms with van der Waals surface area (Å²) in [4.78, 5) is 2.58. The molecule has 0 aromatic carbocycles. The van der Waals surface area contributed by atoms with Crippen LogP contribution in [0.1, 0.15) is 53.4 Å². The summed E-state index contributed by atoms with van der Waals surface area (Å²) in [7, 11) is 2.30. The Balaban J connectivity index is 2.43. The highest BCUT2D eigenvalue weighted by Crippen LogP contribution is 2.27. The molecule has 1 atom stereocenters. The van der Waals surface area contributed by atoms with E-state index < -0.39 is 0 Å². The van der Waals surface area contributed by atoms with Crippen molar-refractivity contribution in [2.45, 2.75) is 65.5 Å². The minimum atomic E-state index is 0.355. The molecule has 1 N–H and O–H groups in total. The average molecular weight is 226 g/mol. The van der Waals surface area contributed by atoms with Gasteiger partial charge in [-0.3, -0.25) is 0 Å². The van der Waals surface area contributed by atoms with Crippen LogP contribution in [0, 0.1) is 5.41 Å². The lowest BCUT2D eigenvalue weighted by molar-refractivity contribution is 0.132. The molecule has 0 spiro atoms. The molecule has 16 heavy (non-hydrogen) atoms. The third-order valence-corrected chi connectivity index (χ3v) is 4.29. The van der Waals surface area contributed by atoms with Gasteiger partial charge in [0.1, 0.15) is 0 Å². The van der Waals surface area contributed by atoms with Crippen molar-refractivity contribution in [3.8, 4) is 0 Å². The van der Waals surface area contributed by atoms with Crippen molar-refractivity contribution in [1.82, 2.24) is 10.2 Å². The highest BCUT2D eigenvalue weighted by molar-refractivity contribution is 4.86. The lowest BCUT2D eigenvalue weighted by Crippen LogP contribution is -2.47. The average Bonchev–Trinajstić information content (AvgIpc) is 2.70. The maximum atomic E-state index is 3.56. The van der Waals surface area contributed by atoms with Crippen LogP contribution >= 0.6 is 0 Å². The molecule has 1 fully saturated rings. The van der Waals surface area contributed by atoms with Gasteiger partial charge in [0, 0.05) is 18.6 Å². The van der Waals surface area contributed by atoms with Crippen molar-refractivity contribution in [3.63, 3.8) is 0 Å². The van der Waals surface area contributed by atoms with Gasteiger partial charge in [0.25, 0.3) is 0 Å². The lowest BCUT2D eigenvalue weighted by atomic mass is 9.84. The van der Waals surface area contributed by atoms with Gasteiger partial charge in [-0.2, -0.15) is 0 Å². The zero-order valence-corrected chi connectivity index (χ0v) is 11.8. The quantitative estimate of drug-likeness (QED) is 0.749. The normalized spacial score (nSPS) is 20.6. The first-order valence-electron chi connectivity index (χ1n) is 6.91. The SMILES string of the molecule is CCNC(C)C(C)(C)CN(C)C1CCCC1. The van der Waals surface area contributed by atoms with E-state index >= 15 is 0 Å². The molecule has 96 valence electrons. The van der Waals surface area contributed by atoms with Gasteiger partial charge in [-0.05, 0) is 38.8 Å². The fourth-order valence-electron chi connectivity index (χ4n) is 2.84. The van der Waals surface area contributed by atoms with E-state index in [4.69, 9.17) is 0 Å². The zero-order valence-electron chi connectivity index (χ0n) is 11.8. The van der Waals surface area contributed by atoms with E-state index in [0.717, 1.165) is 12.6 Å². The zero-order chi connectivity index (χ0) is 12.2. The molecule has 1 rings (SSSR count). The van der Waals surface area contributed by atoms with Crippen molar-refractivity contribution in [2.24, 2.45) is 5.41 Å². The fraction of sp³-hybridized carbons (Fsp3) is 1.00. The van der Waals surface area contributed by atoms with Gasteiger partial charge >= 0.3 is 0 Å². The third-order valence-electron chi connectivity index (χ3n) is 4.29. The molecular weight excluding hydrogens is 196 g/mol. The first-order chi connectivity index (χ1) is 7.47. The number of rotatable bonds is 6. The molecule has 1 aliphatic rings. The predicted molar refractivity (Wildman–Crippen MR) is 71.8 cm³/mol. The van der Waals surface area contributed by atoms with Gasteiger partial charge in [0.15, 0.2) is 0 Å². The summed E-state index contributed by atoms with van der Waals surface area (Å²) in [6.07, 6.45) is 5.67. The van der Waals surface area contributed by atoms with Crippen LogP contribution in [-0.4, -0.2) is 37.1 Å². The van der Waals surface area contributed by atoms with Gasteiger partial charge in [0.2, 0.25) is 0 Å². The van der Waals surface area contributed by atoms with Crippen LogP contribution in [0.3, 0.4) is 0 Å². The molecule has 0 saturated heterocycles. The Bertz CT molecular complexity index is 195. The van der Waals surface area contributed by atoms with E-state index in [1.165, 1.54) is 32.2 Å². The van der Waals surface area contributed by atoms with Crippen molar-refractivity contribution >= 4 is 0 Å². The Kier molecular flexibility index (Phi) is 5.26. The van der Waals surface area contributed by atoms with E-state index in [-0.39, 0.29) is 0 Å². The number of hydrogen-bond acceptors (Lipinski definition) is 2. The Hall–Kier alpha value is -0.0800. The molecule has 0 aromatic heterocycles. The molecule has 0 aromatic rings. The van der Waals surface area contributed by atoms with Gasteiger partial charge in [-0.15, -0.1) is 0 Å². The summed E-state index contributed by atoms with van der Waals surface area (Å²) >= 11 is 0. The first kappa shape index (κ1) is 14.0. The molecule has 1 unspecified atom stereocenters. The van der Waals surface area contributed by atoms with Gasteiger partial charge < -0.3 is 10.2 Å². The molecule has 0 radical (unpaired) electrons. The van der Waals surface area contributed by atoms with E-state index in [2.05, 4.69) is 45.0 Å². The van der Waals surface area contributed by atoms with Crippen molar-refractivity contribution in [2.75, 3.05) is 20.1 Å². The molecule has 2 nitrogen and oxygen atoms in total. The Morgan fingerprint density at radius 2 is 1.88 bits per heavy atom. The van der Waals surface area contributed by atoms with Gasteiger partial charge in [0.05, 0.1) is 0 Å². The van der Waals surface area contributed by atoms with Crippen molar-refractivity contribution in [3.05, 3.63) is 0 Å². The van der Waals surface area contributed by atoms with Gasteiger partial charge in [-0.25, -0.2) is 0 Å². The highest BCUT2D eigenvalue weighted by atomic mass is 15.1. The third kappa shape index (κ3) is 3.74. The van der Waals surface area contributed by atoms with Crippen LogP contribution < -0.4 is 5.32 Å². The van der Waals surface area contributed by atoms with E-state index in [1.54, 1.807) is 0 Å². The molecule has 2 heteroatoms. The second kappa shape index (κ2) is 6.02. The molecule has 0 bridgehead atoms. The summed E-state index contributed by atoms with van der Waals surface area (Å²) in [5, 5.41) is 3.56. The topological polar surface area (TPSA) is 15.3 Å². The lowest BCUT2D eigenvalue weighted by Gasteiger charge is -2.38. The smallest absolute Gasteiger partial charge is 0.0102 e. The summed E-state index contributed by atoms with van der Waals surface area (Å²) in [6, 6.07) is 1.43.